The molecule has 0 spiro atoms. The minimum atomic E-state index is -0.0919. The third-order valence-corrected chi connectivity index (χ3v) is 5.32. The van der Waals surface area contributed by atoms with E-state index in [0.717, 1.165) is 19.4 Å². The van der Waals surface area contributed by atoms with Gasteiger partial charge in [-0.2, -0.15) is 0 Å². The van der Waals surface area contributed by atoms with Gasteiger partial charge in [0, 0.05) is 0 Å². The summed E-state index contributed by atoms with van der Waals surface area (Å²) < 4.78 is 0. The molecule has 2 heteroatoms. The first-order valence-corrected chi connectivity index (χ1v) is 5.66. The van der Waals surface area contributed by atoms with Crippen molar-refractivity contribution in [2.24, 2.45) is 27.9 Å². The summed E-state index contributed by atoms with van der Waals surface area (Å²) in [6.45, 7) is 10.1. The Morgan fingerprint density at radius 2 is 1.57 bits per heavy atom. The third-order valence-electron chi connectivity index (χ3n) is 5.32. The number of hydrogen-bond acceptors (Lipinski definition) is 2. The summed E-state index contributed by atoms with van der Waals surface area (Å²) in [5.74, 6) is 0.691. The van der Waals surface area contributed by atoms with E-state index in [1.165, 1.54) is 0 Å². The van der Waals surface area contributed by atoms with Gasteiger partial charge in [0.15, 0.2) is 0 Å². The van der Waals surface area contributed by atoms with Gasteiger partial charge in [-0.25, -0.2) is 0 Å². The molecule has 2 aliphatic carbocycles. The Hall–Kier alpha value is -0.0800. The van der Waals surface area contributed by atoms with Crippen LogP contribution in [0.15, 0.2) is 0 Å². The zero-order valence-corrected chi connectivity index (χ0v) is 9.80. The highest BCUT2D eigenvalue weighted by atomic mass is 16.3. The average molecular weight is 197 g/mol. The molecule has 2 aliphatic rings. The van der Waals surface area contributed by atoms with Crippen molar-refractivity contribution in [3.05, 3.63) is 0 Å². The molecule has 0 aromatic rings. The van der Waals surface area contributed by atoms with Crippen LogP contribution < -0.4 is 5.73 Å². The van der Waals surface area contributed by atoms with Crippen molar-refractivity contribution in [3.63, 3.8) is 0 Å². The van der Waals surface area contributed by atoms with Gasteiger partial charge in [-0.15, -0.1) is 0 Å². The highest BCUT2D eigenvalue weighted by molar-refractivity contribution is 5.21. The Labute approximate surface area is 86.9 Å². The van der Waals surface area contributed by atoms with Crippen LogP contribution in [0, 0.1) is 22.2 Å². The summed E-state index contributed by atoms with van der Waals surface area (Å²) in [7, 11) is 0. The van der Waals surface area contributed by atoms with Crippen molar-refractivity contribution in [2.45, 2.75) is 46.6 Å². The van der Waals surface area contributed by atoms with Crippen LogP contribution in [0.3, 0.4) is 0 Å². The fourth-order valence-electron chi connectivity index (χ4n) is 4.13. The largest absolute Gasteiger partial charge is 0.393 e. The quantitative estimate of drug-likeness (QED) is 0.708. The lowest BCUT2D eigenvalue weighted by atomic mass is 9.61. The fourth-order valence-corrected chi connectivity index (χ4v) is 4.13. The molecule has 0 bridgehead atoms. The first kappa shape index (κ1) is 10.4. The van der Waals surface area contributed by atoms with E-state index in [9.17, 15) is 5.11 Å². The van der Waals surface area contributed by atoms with Gasteiger partial charge in [-0.3, -0.25) is 0 Å². The predicted molar refractivity (Wildman–Crippen MR) is 57.8 cm³/mol. The van der Waals surface area contributed by atoms with Gasteiger partial charge in [-0.1, -0.05) is 27.7 Å². The molecule has 0 unspecified atom stereocenters. The molecule has 0 saturated heterocycles. The van der Waals surface area contributed by atoms with E-state index >= 15 is 0 Å². The molecule has 0 aromatic heterocycles. The first-order chi connectivity index (χ1) is 6.28. The van der Waals surface area contributed by atoms with Crippen LogP contribution in [0.2, 0.25) is 0 Å². The van der Waals surface area contributed by atoms with E-state index in [4.69, 9.17) is 5.73 Å². The zero-order valence-electron chi connectivity index (χ0n) is 9.80. The molecule has 2 rings (SSSR count). The van der Waals surface area contributed by atoms with Crippen molar-refractivity contribution in [3.8, 4) is 0 Å². The van der Waals surface area contributed by atoms with Crippen LogP contribution in [0.5, 0.6) is 0 Å². The molecule has 82 valence electrons. The lowest BCUT2D eigenvalue weighted by Crippen LogP contribution is -2.49. The SMILES string of the molecule is CC1(C)C(C2(CN)CC(O)C2)C1(C)C. The van der Waals surface area contributed by atoms with E-state index in [1.54, 1.807) is 0 Å². The predicted octanol–water partition coefficient (Wildman–Crippen LogP) is 1.77. The van der Waals surface area contributed by atoms with Crippen molar-refractivity contribution in [2.75, 3.05) is 6.54 Å². The van der Waals surface area contributed by atoms with Crippen molar-refractivity contribution >= 4 is 0 Å². The Balaban J connectivity index is 2.18. The molecule has 3 N–H and O–H groups in total. The van der Waals surface area contributed by atoms with Crippen LogP contribution in [0.1, 0.15) is 40.5 Å². The van der Waals surface area contributed by atoms with Gasteiger partial charge in [-0.05, 0) is 41.5 Å². The zero-order chi connectivity index (χ0) is 10.8. The second-order valence-corrected chi connectivity index (χ2v) is 6.50. The maximum Gasteiger partial charge on any atom is 0.0552 e. The van der Waals surface area contributed by atoms with Crippen LogP contribution in [-0.4, -0.2) is 17.8 Å². The first-order valence-electron chi connectivity index (χ1n) is 5.66. The minimum Gasteiger partial charge on any atom is -0.393 e. The van der Waals surface area contributed by atoms with E-state index < -0.39 is 0 Å². The summed E-state index contributed by atoms with van der Waals surface area (Å²) in [5.41, 5.74) is 6.94. The second-order valence-electron chi connectivity index (χ2n) is 6.50. The van der Waals surface area contributed by atoms with Gasteiger partial charge in [0.05, 0.1) is 6.10 Å². The highest BCUT2D eigenvalue weighted by Crippen LogP contribution is 2.77. The molecule has 0 radical (unpaired) electrons. The lowest BCUT2D eigenvalue weighted by Gasteiger charge is -2.47. The summed E-state index contributed by atoms with van der Waals surface area (Å²) in [6, 6.07) is 0. The molecule has 0 heterocycles. The fraction of sp³-hybridized carbons (Fsp3) is 1.00. The number of aliphatic hydroxyl groups excluding tert-OH is 1. The molecule has 2 nitrogen and oxygen atoms in total. The van der Waals surface area contributed by atoms with E-state index in [-0.39, 0.29) is 11.5 Å². The molecule has 0 amide bonds. The monoisotopic (exact) mass is 197 g/mol. The Kier molecular flexibility index (Phi) is 1.89. The summed E-state index contributed by atoms with van der Waals surface area (Å²) in [6.07, 6.45) is 1.74. The van der Waals surface area contributed by atoms with Crippen molar-refractivity contribution in [1.29, 1.82) is 0 Å². The number of nitrogens with two attached hydrogens (primary N) is 1. The van der Waals surface area contributed by atoms with Gasteiger partial charge >= 0.3 is 0 Å². The molecular weight excluding hydrogens is 174 g/mol. The normalized spacial score (nSPS) is 44.6. The van der Waals surface area contributed by atoms with E-state index in [2.05, 4.69) is 27.7 Å². The highest BCUT2D eigenvalue weighted by Gasteiger charge is 2.73. The Morgan fingerprint density at radius 1 is 1.14 bits per heavy atom. The number of hydrogen-bond donors (Lipinski definition) is 2. The van der Waals surface area contributed by atoms with Crippen molar-refractivity contribution in [1.82, 2.24) is 0 Å². The van der Waals surface area contributed by atoms with Gasteiger partial charge < -0.3 is 10.8 Å². The maximum atomic E-state index is 9.48. The summed E-state index contributed by atoms with van der Waals surface area (Å²) >= 11 is 0. The van der Waals surface area contributed by atoms with Gasteiger partial charge in [0.25, 0.3) is 0 Å². The van der Waals surface area contributed by atoms with Crippen LogP contribution in [0.25, 0.3) is 0 Å². The summed E-state index contributed by atoms with van der Waals surface area (Å²) in [4.78, 5) is 0. The smallest absolute Gasteiger partial charge is 0.0552 e. The molecule has 0 aliphatic heterocycles. The van der Waals surface area contributed by atoms with Crippen LogP contribution in [0.4, 0.5) is 0 Å². The number of rotatable bonds is 2. The second kappa shape index (κ2) is 2.53. The van der Waals surface area contributed by atoms with Crippen molar-refractivity contribution < 1.29 is 5.11 Å². The standard InChI is InChI=1S/C12H23NO/c1-10(2)9(11(10,3)4)12(7-13)5-8(14)6-12/h8-9,14H,5-7,13H2,1-4H3. The van der Waals surface area contributed by atoms with E-state index in [1.807, 2.05) is 0 Å². The third kappa shape index (κ3) is 0.989. The summed E-state index contributed by atoms with van der Waals surface area (Å²) in [5, 5.41) is 9.48. The molecule has 2 saturated carbocycles. The van der Waals surface area contributed by atoms with E-state index in [0.29, 0.717) is 16.7 Å². The topological polar surface area (TPSA) is 46.2 Å². The van der Waals surface area contributed by atoms with Crippen LogP contribution >= 0.6 is 0 Å². The molecule has 0 aromatic carbocycles. The molecule has 14 heavy (non-hydrogen) atoms. The average Bonchev–Trinajstić information content (AvgIpc) is 2.38. The van der Waals surface area contributed by atoms with Crippen LogP contribution in [-0.2, 0) is 0 Å². The van der Waals surface area contributed by atoms with Gasteiger partial charge in [0.2, 0.25) is 0 Å². The molecule has 2 fully saturated rings. The lowest BCUT2D eigenvalue weighted by molar-refractivity contribution is -0.0517. The number of aliphatic hydroxyl groups is 1. The Morgan fingerprint density at radius 3 is 1.79 bits per heavy atom. The molecule has 0 atom stereocenters. The molecular formula is C12H23NO. The Bertz CT molecular complexity index is 237. The minimum absolute atomic E-state index is 0.0919. The maximum absolute atomic E-state index is 9.48. The van der Waals surface area contributed by atoms with Gasteiger partial charge in [0.1, 0.15) is 0 Å².